The first-order chi connectivity index (χ1) is 12.9. The van der Waals surface area contributed by atoms with E-state index in [1.165, 1.54) is 22.9 Å². The van der Waals surface area contributed by atoms with Crippen LogP contribution in [0.5, 0.6) is 0 Å². The number of thioether (sulfide) groups is 1. The van der Waals surface area contributed by atoms with Crippen molar-refractivity contribution in [3.8, 4) is 0 Å². The van der Waals surface area contributed by atoms with Crippen LogP contribution in [0.1, 0.15) is 41.2 Å². The Kier molecular flexibility index (Phi) is 6.57. The topological polar surface area (TPSA) is 90.2 Å². The first-order valence-electron chi connectivity index (χ1n) is 9.04. The van der Waals surface area contributed by atoms with E-state index in [9.17, 15) is 20.4 Å². The van der Waals surface area contributed by atoms with Crippen molar-refractivity contribution >= 4 is 11.8 Å². The minimum Gasteiger partial charge on any atom is -0.394 e. The van der Waals surface area contributed by atoms with Gasteiger partial charge in [-0.15, -0.1) is 11.8 Å². The smallest absolute Gasteiger partial charge is 0.182 e. The zero-order valence-corrected chi connectivity index (χ0v) is 16.3. The van der Waals surface area contributed by atoms with Gasteiger partial charge in [-0.25, -0.2) is 0 Å². The van der Waals surface area contributed by atoms with Crippen LogP contribution in [0, 0.1) is 6.92 Å². The Balaban J connectivity index is 1.91. The zero-order chi connectivity index (χ0) is 19.6. The van der Waals surface area contributed by atoms with E-state index in [2.05, 4.69) is 31.2 Å². The normalized spacial score (nSPS) is 19.7. The van der Waals surface area contributed by atoms with Gasteiger partial charge in [0.05, 0.1) is 12.7 Å². The Bertz CT molecular complexity index is 760. The molecular weight excluding hydrogens is 364 g/mol. The molecule has 6 heteroatoms. The predicted molar refractivity (Wildman–Crippen MR) is 105 cm³/mol. The number of fused-ring (bicyclic) bond motifs is 1. The monoisotopic (exact) mass is 390 g/mol. The number of benzene rings is 2. The van der Waals surface area contributed by atoms with Gasteiger partial charge in [0.25, 0.3) is 0 Å². The van der Waals surface area contributed by atoms with Gasteiger partial charge in [-0.2, -0.15) is 0 Å². The van der Waals surface area contributed by atoms with Crippen molar-refractivity contribution in [1.29, 1.82) is 0 Å². The quantitative estimate of drug-likeness (QED) is 0.543. The molecule has 0 radical (unpaired) electrons. The lowest BCUT2D eigenvalue weighted by atomic mass is 9.91. The lowest BCUT2D eigenvalue weighted by Crippen LogP contribution is -2.35. The number of aliphatic hydroxyl groups excluding tert-OH is 3. The molecule has 146 valence electrons. The molecule has 1 aliphatic heterocycles. The Labute approximate surface area is 163 Å². The molecule has 1 heterocycles. The molecule has 3 rings (SSSR count). The Morgan fingerprint density at radius 2 is 1.81 bits per heavy atom. The summed E-state index contributed by atoms with van der Waals surface area (Å²) in [4.78, 5) is 1.17. The van der Waals surface area contributed by atoms with E-state index < -0.39 is 31.2 Å². The van der Waals surface area contributed by atoms with Crippen molar-refractivity contribution in [2.45, 2.75) is 49.3 Å². The molecule has 0 saturated carbocycles. The molecule has 0 aliphatic carbocycles. The molecule has 0 fully saturated rings. The third-order valence-electron chi connectivity index (χ3n) is 4.93. The fourth-order valence-electron chi connectivity index (χ4n) is 3.30. The molecular formula is C21H26O5S. The van der Waals surface area contributed by atoms with Crippen molar-refractivity contribution in [2.75, 3.05) is 12.4 Å². The summed E-state index contributed by atoms with van der Waals surface area (Å²) in [7, 11) is 0. The lowest BCUT2D eigenvalue weighted by molar-refractivity contribution is -0.188. The average molecular weight is 391 g/mol. The second kappa shape index (κ2) is 8.73. The standard InChI is InChI=1S/C21H26O5S/c1-12-3-5-14(6-4-12)17-11-27-19-8-7-15(9-16(17)19)20(21(24)25)26-18(10-22)13(2)23/h3-9,13,17-18,20-25H,10-11H2,1-2H3/t13?,17-,18?,20?/m0/s1. The van der Waals surface area contributed by atoms with E-state index in [0.717, 1.165) is 11.3 Å². The van der Waals surface area contributed by atoms with Crippen LogP contribution in [0.4, 0.5) is 0 Å². The van der Waals surface area contributed by atoms with Crippen molar-refractivity contribution in [3.63, 3.8) is 0 Å². The summed E-state index contributed by atoms with van der Waals surface area (Å²) in [6.07, 6.45) is -4.64. The highest BCUT2D eigenvalue weighted by atomic mass is 32.2. The zero-order valence-electron chi connectivity index (χ0n) is 15.4. The van der Waals surface area contributed by atoms with Crippen molar-refractivity contribution in [2.24, 2.45) is 0 Å². The SMILES string of the molecule is Cc1ccc([C@@H]2CSc3ccc(C(OC(CO)C(C)O)C(O)O)cc32)cc1. The third-order valence-corrected chi connectivity index (χ3v) is 6.12. The van der Waals surface area contributed by atoms with Crippen molar-refractivity contribution in [3.05, 3.63) is 64.7 Å². The molecule has 1 aliphatic rings. The van der Waals surface area contributed by atoms with Gasteiger partial charge in [0.1, 0.15) is 12.2 Å². The molecule has 5 nitrogen and oxygen atoms in total. The largest absolute Gasteiger partial charge is 0.394 e. The average Bonchev–Trinajstić information content (AvgIpc) is 3.05. The molecule has 0 amide bonds. The van der Waals surface area contributed by atoms with E-state index in [4.69, 9.17) is 4.74 Å². The van der Waals surface area contributed by atoms with Crippen molar-refractivity contribution < 1.29 is 25.2 Å². The summed E-state index contributed by atoms with van der Waals surface area (Å²) in [5, 5.41) is 38.7. The molecule has 27 heavy (non-hydrogen) atoms. The predicted octanol–water partition coefficient (Wildman–Crippen LogP) is 2.34. The highest BCUT2D eigenvalue weighted by molar-refractivity contribution is 7.99. The van der Waals surface area contributed by atoms with Crippen LogP contribution in [0.2, 0.25) is 0 Å². The number of hydrogen-bond acceptors (Lipinski definition) is 6. The van der Waals surface area contributed by atoms with Crippen LogP contribution < -0.4 is 0 Å². The molecule has 3 unspecified atom stereocenters. The Morgan fingerprint density at radius 1 is 1.11 bits per heavy atom. The number of rotatable bonds is 7. The van der Waals surface area contributed by atoms with Crippen LogP contribution in [-0.4, -0.2) is 51.3 Å². The number of aryl methyl sites for hydroxylation is 1. The number of aliphatic hydroxyl groups is 4. The minimum atomic E-state index is -1.76. The summed E-state index contributed by atoms with van der Waals surface area (Å²) in [6, 6.07) is 14.2. The maximum Gasteiger partial charge on any atom is 0.182 e. The van der Waals surface area contributed by atoms with Crippen LogP contribution in [0.25, 0.3) is 0 Å². The van der Waals surface area contributed by atoms with Gasteiger partial charge in [-0.1, -0.05) is 42.0 Å². The lowest BCUT2D eigenvalue weighted by Gasteiger charge is -2.27. The van der Waals surface area contributed by atoms with E-state index in [1.54, 1.807) is 11.8 Å². The minimum absolute atomic E-state index is 0.229. The van der Waals surface area contributed by atoms with Crippen LogP contribution >= 0.6 is 11.8 Å². The number of hydrogen-bond donors (Lipinski definition) is 4. The highest BCUT2D eigenvalue weighted by Crippen LogP contribution is 2.44. The summed E-state index contributed by atoms with van der Waals surface area (Å²) in [5.74, 6) is 1.16. The second-order valence-corrected chi connectivity index (χ2v) is 8.07. The maximum atomic E-state index is 9.82. The van der Waals surface area contributed by atoms with Crippen LogP contribution in [0.15, 0.2) is 47.4 Å². The summed E-state index contributed by atoms with van der Waals surface area (Å²) in [6.45, 7) is 3.14. The Morgan fingerprint density at radius 3 is 2.41 bits per heavy atom. The first kappa shape index (κ1) is 20.3. The highest BCUT2D eigenvalue weighted by Gasteiger charge is 2.30. The molecule has 4 atom stereocenters. The Hall–Kier alpha value is -1.41. The van der Waals surface area contributed by atoms with Gasteiger partial charge in [-0.3, -0.25) is 0 Å². The van der Waals surface area contributed by atoms with Gasteiger partial charge >= 0.3 is 0 Å². The van der Waals surface area contributed by atoms with Gasteiger partial charge in [-0.05, 0) is 36.6 Å². The van der Waals surface area contributed by atoms with Gasteiger partial charge in [0.15, 0.2) is 6.29 Å². The van der Waals surface area contributed by atoms with E-state index in [-0.39, 0.29) is 5.92 Å². The van der Waals surface area contributed by atoms with E-state index in [1.807, 2.05) is 18.2 Å². The third kappa shape index (κ3) is 4.54. The van der Waals surface area contributed by atoms with Gasteiger partial charge < -0.3 is 25.2 Å². The molecule has 2 aromatic rings. The first-order valence-corrected chi connectivity index (χ1v) is 10.0. The van der Waals surface area contributed by atoms with Crippen molar-refractivity contribution in [1.82, 2.24) is 0 Å². The summed E-state index contributed by atoms with van der Waals surface area (Å²) in [5.41, 5.74) is 4.18. The molecule has 0 aromatic heterocycles. The number of ether oxygens (including phenoxy) is 1. The van der Waals surface area contributed by atoms with E-state index >= 15 is 0 Å². The molecule has 0 bridgehead atoms. The second-order valence-electron chi connectivity index (χ2n) is 7.00. The van der Waals surface area contributed by atoms with Crippen LogP contribution in [0.3, 0.4) is 0 Å². The van der Waals surface area contributed by atoms with Gasteiger partial charge in [0, 0.05) is 16.6 Å². The summed E-state index contributed by atoms with van der Waals surface area (Å²) < 4.78 is 5.62. The van der Waals surface area contributed by atoms with E-state index in [0.29, 0.717) is 5.56 Å². The molecule has 0 saturated heterocycles. The summed E-state index contributed by atoms with van der Waals surface area (Å²) >= 11 is 1.78. The molecule has 0 spiro atoms. The molecule has 2 aromatic carbocycles. The fourth-order valence-corrected chi connectivity index (χ4v) is 4.55. The molecule has 4 N–H and O–H groups in total. The fraction of sp³-hybridized carbons (Fsp3) is 0.429. The van der Waals surface area contributed by atoms with Gasteiger partial charge in [0.2, 0.25) is 0 Å². The maximum absolute atomic E-state index is 9.82. The van der Waals surface area contributed by atoms with Crippen LogP contribution in [-0.2, 0) is 4.74 Å².